The van der Waals surface area contributed by atoms with Gasteiger partial charge in [-0.1, -0.05) is 56.3 Å². The molecule has 0 saturated heterocycles. The van der Waals surface area contributed by atoms with Gasteiger partial charge in [-0.15, -0.1) is 10.2 Å². The first-order valence-electron chi connectivity index (χ1n) is 9.60. The molecule has 144 valence electrons. The van der Waals surface area contributed by atoms with Crippen LogP contribution in [0, 0.1) is 0 Å². The summed E-state index contributed by atoms with van der Waals surface area (Å²) in [5.74, 6) is 0.304. The Morgan fingerprint density at radius 2 is 1.66 bits per heavy atom. The van der Waals surface area contributed by atoms with Crippen LogP contribution in [0.15, 0.2) is 78.9 Å². The van der Waals surface area contributed by atoms with Crippen LogP contribution in [0.3, 0.4) is 0 Å². The predicted octanol–water partition coefficient (Wildman–Crippen LogP) is 5.20. The van der Waals surface area contributed by atoms with Crippen LogP contribution in [0.25, 0.3) is 22.8 Å². The van der Waals surface area contributed by atoms with Crippen molar-refractivity contribution < 1.29 is 4.79 Å². The number of benzene rings is 3. The van der Waals surface area contributed by atoms with Gasteiger partial charge < -0.3 is 5.32 Å². The number of fused-ring (bicyclic) bond motifs is 1. The molecule has 4 rings (SSSR count). The second kappa shape index (κ2) is 8.10. The third kappa shape index (κ3) is 4.41. The van der Waals surface area contributed by atoms with Crippen LogP contribution in [0.1, 0.15) is 30.9 Å². The Morgan fingerprint density at radius 3 is 2.38 bits per heavy atom. The molecule has 1 N–H and O–H groups in total. The molecule has 0 fully saturated rings. The zero-order chi connectivity index (χ0) is 20.2. The number of aromatic nitrogens is 3. The molecule has 1 heterocycles. The van der Waals surface area contributed by atoms with Crippen LogP contribution < -0.4 is 5.32 Å². The van der Waals surface area contributed by atoms with E-state index in [1.165, 1.54) is 11.6 Å². The fraction of sp³-hybridized carbons (Fsp3) is 0.125. The molecule has 0 radical (unpaired) electrons. The molecule has 0 unspecified atom stereocenters. The lowest BCUT2D eigenvalue weighted by Crippen LogP contribution is -2.07. The van der Waals surface area contributed by atoms with Gasteiger partial charge in [-0.2, -0.15) is 4.80 Å². The van der Waals surface area contributed by atoms with Crippen molar-refractivity contribution in [3.63, 3.8) is 0 Å². The molecule has 0 aliphatic rings. The molecule has 0 aliphatic carbocycles. The van der Waals surface area contributed by atoms with Gasteiger partial charge in [0.1, 0.15) is 11.0 Å². The van der Waals surface area contributed by atoms with E-state index in [0.29, 0.717) is 11.6 Å². The Balaban J connectivity index is 1.46. The van der Waals surface area contributed by atoms with E-state index < -0.39 is 0 Å². The summed E-state index contributed by atoms with van der Waals surface area (Å²) < 4.78 is 0. The Labute approximate surface area is 169 Å². The Kier molecular flexibility index (Phi) is 5.20. The van der Waals surface area contributed by atoms with Crippen LogP contribution in [-0.2, 0) is 4.79 Å². The van der Waals surface area contributed by atoms with Crippen molar-refractivity contribution in [3.8, 4) is 5.69 Å². The number of rotatable bonds is 5. The molecular weight excluding hydrogens is 360 g/mol. The van der Waals surface area contributed by atoms with Gasteiger partial charge in [-0.3, -0.25) is 4.79 Å². The summed E-state index contributed by atoms with van der Waals surface area (Å²) in [4.78, 5) is 13.9. The highest BCUT2D eigenvalue weighted by molar-refractivity contribution is 6.02. The van der Waals surface area contributed by atoms with E-state index in [-0.39, 0.29) is 5.91 Å². The largest absolute Gasteiger partial charge is 0.322 e. The van der Waals surface area contributed by atoms with Crippen LogP contribution in [0.4, 0.5) is 5.69 Å². The molecule has 0 spiro atoms. The van der Waals surface area contributed by atoms with Crippen molar-refractivity contribution in [3.05, 3.63) is 90.0 Å². The molecule has 1 aromatic heterocycles. The smallest absolute Gasteiger partial charge is 0.248 e. The maximum Gasteiger partial charge on any atom is 0.248 e. The summed E-state index contributed by atoms with van der Waals surface area (Å²) >= 11 is 0. The predicted molar refractivity (Wildman–Crippen MR) is 117 cm³/mol. The van der Waals surface area contributed by atoms with E-state index in [0.717, 1.165) is 22.3 Å². The summed E-state index contributed by atoms with van der Waals surface area (Å²) in [5.41, 5.74) is 5.34. The van der Waals surface area contributed by atoms with Gasteiger partial charge in [0.05, 0.1) is 5.69 Å². The number of para-hydroxylation sites is 1. The zero-order valence-electron chi connectivity index (χ0n) is 16.4. The van der Waals surface area contributed by atoms with E-state index in [4.69, 9.17) is 0 Å². The van der Waals surface area contributed by atoms with E-state index in [9.17, 15) is 4.79 Å². The molecule has 3 aromatic carbocycles. The second-order valence-corrected chi connectivity index (χ2v) is 7.17. The number of carbonyl (C=O) groups excluding carboxylic acids is 1. The molecule has 0 aliphatic heterocycles. The monoisotopic (exact) mass is 382 g/mol. The maximum absolute atomic E-state index is 12.3. The molecule has 0 atom stereocenters. The number of carbonyl (C=O) groups is 1. The Bertz CT molecular complexity index is 1160. The molecule has 5 heteroatoms. The van der Waals surface area contributed by atoms with E-state index in [1.807, 2.05) is 66.7 Å². The molecule has 29 heavy (non-hydrogen) atoms. The lowest BCUT2D eigenvalue weighted by molar-refractivity contribution is -0.111. The molecular formula is C24H22N4O. The van der Waals surface area contributed by atoms with Gasteiger partial charge in [0.2, 0.25) is 5.91 Å². The van der Waals surface area contributed by atoms with Crippen LogP contribution >= 0.6 is 0 Å². The quantitative estimate of drug-likeness (QED) is 0.483. The van der Waals surface area contributed by atoms with Gasteiger partial charge in [0.25, 0.3) is 0 Å². The first-order chi connectivity index (χ1) is 14.1. The van der Waals surface area contributed by atoms with Crippen LogP contribution in [0.2, 0.25) is 0 Å². The number of hydrogen-bond acceptors (Lipinski definition) is 3. The van der Waals surface area contributed by atoms with Gasteiger partial charge >= 0.3 is 0 Å². The first kappa shape index (κ1) is 18.6. The van der Waals surface area contributed by atoms with Crippen molar-refractivity contribution in [2.75, 3.05) is 5.32 Å². The molecule has 0 saturated carbocycles. The molecule has 1 amide bonds. The lowest BCUT2D eigenvalue weighted by Gasteiger charge is -2.04. The lowest BCUT2D eigenvalue weighted by atomic mass is 10.0. The van der Waals surface area contributed by atoms with Gasteiger partial charge in [0.15, 0.2) is 0 Å². The van der Waals surface area contributed by atoms with Crippen LogP contribution in [0.5, 0.6) is 0 Å². The fourth-order valence-corrected chi connectivity index (χ4v) is 3.02. The molecule has 4 aromatic rings. The minimum Gasteiger partial charge on any atom is -0.322 e. The van der Waals surface area contributed by atoms with Crippen molar-refractivity contribution in [1.29, 1.82) is 0 Å². The third-order valence-electron chi connectivity index (χ3n) is 4.67. The summed E-state index contributed by atoms with van der Waals surface area (Å²) in [6.45, 7) is 4.32. The average molecular weight is 382 g/mol. The topological polar surface area (TPSA) is 59.8 Å². The molecule has 0 bridgehead atoms. The summed E-state index contributed by atoms with van der Waals surface area (Å²) in [6, 6.07) is 23.5. The minimum atomic E-state index is -0.187. The van der Waals surface area contributed by atoms with Crippen molar-refractivity contribution in [2.45, 2.75) is 19.8 Å². The van der Waals surface area contributed by atoms with E-state index in [2.05, 4.69) is 41.5 Å². The summed E-state index contributed by atoms with van der Waals surface area (Å²) in [5, 5.41) is 11.9. The highest BCUT2D eigenvalue weighted by atomic mass is 16.1. The van der Waals surface area contributed by atoms with Gasteiger partial charge in [-0.05, 0) is 53.5 Å². The van der Waals surface area contributed by atoms with E-state index in [1.54, 1.807) is 4.80 Å². The van der Waals surface area contributed by atoms with E-state index >= 15 is 0 Å². The number of hydrogen-bond donors (Lipinski definition) is 1. The summed E-state index contributed by atoms with van der Waals surface area (Å²) in [7, 11) is 0. The van der Waals surface area contributed by atoms with Crippen molar-refractivity contribution in [1.82, 2.24) is 15.0 Å². The van der Waals surface area contributed by atoms with Crippen molar-refractivity contribution >= 4 is 28.7 Å². The second-order valence-electron chi connectivity index (χ2n) is 7.17. The number of anilines is 1. The Hall–Kier alpha value is -3.73. The number of nitrogens with zero attached hydrogens (tertiary/aromatic N) is 3. The highest BCUT2D eigenvalue weighted by Gasteiger charge is 2.06. The highest BCUT2D eigenvalue weighted by Crippen LogP contribution is 2.18. The number of nitrogens with one attached hydrogen (secondary N) is 1. The Morgan fingerprint density at radius 1 is 0.931 bits per heavy atom. The SMILES string of the molecule is CC(C)c1ccc(/C=C/C(=O)Nc2ccc3nn(-c4ccccc4)nc3c2)cc1. The van der Waals surface area contributed by atoms with Gasteiger partial charge in [0, 0.05) is 11.8 Å². The van der Waals surface area contributed by atoms with Crippen molar-refractivity contribution in [2.24, 2.45) is 0 Å². The normalized spacial score (nSPS) is 11.4. The zero-order valence-corrected chi connectivity index (χ0v) is 16.4. The van der Waals surface area contributed by atoms with Gasteiger partial charge in [-0.25, -0.2) is 0 Å². The first-order valence-corrected chi connectivity index (χ1v) is 9.60. The molecule has 5 nitrogen and oxygen atoms in total. The average Bonchev–Trinajstić information content (AvgIpc) is 3.17. The standard InChI is InChI=1S/C24H22N4O/c1-17(2)19-11-8-18(9-12-19)10-15-24(29)25-20-13-14-22-23(16-20)27-28(26-22)21-6-4-3-5-7-21/h3-17H,1-2H3,(H,25,29)/b15-10+. The minimum absolute atomic E-state index is 0.187. The number of amides is 1. The maximum atomic E-state index is 12.3. The summed E-state index contributed by atoms with van der Waals surface area (Å²) in [6.07, 6.45) is 3.35. The van der Waals surface area contributed by atoms with Crippen LogP contribution in [-0.4, -0.2) is 20.9 Å². The third-order valence-corrected chi connectivity index (χ3v) is 4.67. The fourth-order valence-electron chi connectivity index (χ4n) is 3.02.